The van der Waals surface area contributed by atoms with Gasteiger partial charge in [-0.1, -0.05) is 0 Å². The van der Waals surface area contributed by atoms with Crippen LogP contribution in [0, 0.1) is 0 Å². The monoisotopic (exact) mass is 485 g/mol. The van der Waals surface area contributed by atoms with E-state index in [0.717, 1.165) is 46.1 Å². The minimum atomic E-state index is 0. The zero-order chi connectivity index (χ0) is 13.9. The second-order valence-corrected chi connectivity index (χ2v) is 6.66. The molecule has 0 radical (unpaired) electrons. The lowest BCUT2D eigenvalue weighted by molar-refractivity contribution is 0.173. The number of rotatable bonds is 2. The van der Waals surface area contributed by atoms with Crippen LogP contribution in [0.4, 0.5) is 0 Å². The van der Waals surface area contributed by atoms with Crippen LogP contribution in [0.2, 0.25) is 0 Å². The maximum atomic E-state index is 6.05. The van der Waals surface area contributed by atoms with E-state index in [2.05, 4.69) is 25.8 Å². The number of fused-ring (bicyclic) bond motifs is 1. The van der Waals surface area contributed by atoms with Gasteiger partial charge in [-0.3, -0.25) is 0 Å². The van der Waals surface area contributed by atoms with Crippen LogP contribution in [0.15, 0.2) is 21.6 Å². The molecule has 0 spiro atoms. The van der Waals surface area contributed by atoms with Crippen molar-refractivity contribution in [3.05, 3.63) is 22.2 Å². The van der Waals surface area contributed by atoms with Crippen molar-refractivity contribution >= 4 is 57.6 Å². The molecule has 2 N–H and O–H groups in total. The third kappa shape index (κ3) is 4.10. The minimum Gasteiger partial charge on any atom is -0.454 e. The van der Waals surface area contributed by atoms with Crippen LogP contribution in [0.5, 0.6) is 11.5 Å². The number of nitrogens with zero attached hydrogens (tertiary/aromatic N) is 2. The highest BCUT2D eigenvalue weighted by Gasteiger charge is 2.18. The zero-order valence-electron chi connectivity index (χ0n) is 11.4. The fourth-order valence-electron chi connectivity index (χ4n) is 2.18. The first-order valence-electron chi connectivity index (χ1n) is 6.44. The quantitative estimate of drug-likeness (QED) is 0.396. The predicted octanol–water partition coefficient (Wildman–Crippen LogP) is 2.66. The first kappa shape index (κ1) is 17.0. The Balaban J connectivity index is 0.00000161. The summed E-state index contributed by atoms with van der Waals surface area (Å²) in [6.07, 6.45) is 0. The fourth-order valence-corrected chi connectivity index (χ4v) is 3.68. The van der Waals surface area contributed by atoms with Crippen molar-refractivity contribution in [2.75, 3.05) is 31.4 Å². The molecule has 0 bridgehead atoms. The molecule has 1 saturated heterocycles. The summed E-state index contributed by atoms with van der Waals surface area (Å²) in [5.41, 5.74) is 7.10. The molecular weight excluding hydrogens is 469 g/mol. The van der Waals surface area contributed by atoms with Gasteiger partial charge in [0.2, 0.25) is 6.79 Å². The van der Waals surface area contributed by atoms with Crippen LogP contribution in [0.1, 0.15) is 5.56 Å². The van der Waals surface area contributed by atoms with Crippen LogP contribution in [0.3, 0.4) is 0 Å². The Bertz CT molecular complexity index is 538. The molecule has 2 aliphatic heterocycles. The van der Waals surface area contributed by atoms with Gasteiger partial charge in [-0.25, -0.2) is 4.99 Å². The number of thioether (sulfide) groups is 1. The van der Waals surface area contributed by atoms with Crippen LogP contribution in [-0.2, 0) is 6.54 Å². The van der Waals surface area contributed by atoms with E-state index < -0.39 is 0 Å². The number of aliphatic imine (C=N–C) groups is 1. The second-order valence-electron chi connectivity index (χ2n) is 4.59. The standard InChI is InChI=1S/C13H16BrN3O2S.HI/c14-10-5-9(6-11-12(10)19-8-18-11)7-16-13(15)17-1-3-20-4-2-17;/h5-6H,1-4,7-8H2,(H2,15,16);1H. The largest absolute Gasteiger partial charge is 0.454 e. The van der Waals surface area contributed by atoms with Gasteiger partial charge in [0.1, 0.15) is 0 Å². The average molecular weight is 486 g/mol. The molecule has 5 nitrogen and oxygen atoms in total. The number of hydrogen-bond donors (Lipinski definition) is 1. The smallest absolute Gasteiger partial charge is 0.231 e. The molecule has 1 aromatic rings. The van der Waals surface area contributed by atoms with Gasteiger partial charge in [0.05, 0.1) is 11.0 Å². The van der Waals surface area contributed by atoms with E-state index in [4.69, 9.17) is 15.2 Å². The second kappa shape index (κ2) is 7.77. The van der Waals surface area contributed by atoms with E-state index in [9.17, 15) is 0 Å². The fraction of sp³-hybridized carbons (Fsp3) is 0.462. The maximum absolute atomic E-state index is 6.05. The van der Waals surface area contributed by atoms with E-state index in [1.54, 1.807) is 0 Å². The molecule has 8 heteroatoms. The summed E-state index contributed by atoms with van der Waals surface area (Å²) in [6, 6.07) is 3.95. The van der Waals surface area contributed by atoms with Crippen molar-refractivity contribution in [3.8, 4) is 11.5 Å². The molecule has 2 aliphatic rings. The lowest BCUT2D eigenvalue weighted by atomic mass is 10.2. The summed E-state index contributed by atoms with van der Waals surface area (Å²) in [5.74, 6) is 4.38. The van der Waals surface area contributed by atoms with Crippen LogP contribution in [-0.4, -0.2) is 42.2 Å². The number of halogens is 2. The summed E-state index contributed by atoms with van der Waals surface area (Å²) in [5, 5.41) is 0. The third-order valence-electron chi connectivity index (χ3n) is 3.25. The molecule has 3 rings (SSSR count). The highest BCUT2D eigenvalue weighted by molar-refractivity contribution is 14.0. The maximum Gasteiger partial charge on any atom is 0.231 e. The Morgan fingerprint density at radius 2 is 2.10 bits per heavy atom. The number of hydrogen-bond acceptors (Lipinski definition) is 4. The molecule has 0 amide bonds. The van der Waals surface area contributed by atoms with Gasteiger partial charge in [-0.15, -0.1) is 24.0 Å². The molecule has 116 valence electrons. The van der Waals surface area contributed by atoms with E-state index in [1.807, 2.05) is 23.9 Å². The van der Waals surface area contributed by atoms with Gasteiger partial charge in [0.25, 0.3) is 0 Å². The molecular formula is C13H17BrIN3O2S. The van der Waals surface area contributed by atoms with E-state index >= 15 is 0 Å². The van der Waals surface area contributed by atoms with Crippen molar-refractivity contribution in [1.29, 1.82) is 0 Å². The van der Waals surface area contributed by atoms with Crippen LogP contribution >= 0.6 is 51.7 Å². The number of ether oxygens (including phenoxy) is 2. The van der Waals surface area contributed by atoms with Gasteiger partial charge in [-0.2, -0.15) is 11.8 Å². The normalized spacial score (nSPS) is 17.6. The van der Waals surface area contributed by atoms with Crippen molar-refractivity contribution in [2.24, 2.45) is 10.7 Å². The topological polar surface area (TPSA) is 60.1 Å². The summed E-state index contributed by atoms with van der Waals surface area (Å²) < 4.78 is 11.7. The Kier molecular flexibility index (Phi) is 6.30. The first-order valence-corrected chi connectivity index (χ1v) is 8.39. The summed E-state index contributed by atoms with van der Waals surface area (Å²) in [7, 11) is 0. The van der Waals surface area contributed by atoms with Crippen molar-refractivity contribution in [2.45, 2.75) is 6.54 Å². The van der Waals surface area contributed by atoms with E-state index in [1.165, 1.54) is 0 Å². The molecule has 0 saturated carbocycles. The molecule has 1 aromatic carbocycles. The highest BCUT2D eigenvalue weighted by atomic mass is 127. The van der Waals surface area contributed by atoms with Crippen molar-refractivity contribution in [1.82, 2.24) is 4.90 Å². The van der Waals surface area contributed by atoms with Crippen molar-refractivity contribution < 1.29 is 9.47 Å². The molecule has 1 fully saturated rings. The highest BCUT2D eigenvalue weighted by Crippen LogP contribution is 2.40. The van der Waals surface area contributed by atoms with Crippen LogP contribution in [0.25, 0.3) is 0 Å². The lowest BCUT2D eigenvalue weighted by Gasteiger charge is -2.27. The van der Waals surface area contributed by atoms with Gasteiger partial charge < -0.3 is 20.1 Å². The Labute approximate surface area is 153 Å². The summed E-state index contributed by atoms with van der Waals surface area (Å²) >= 11 is 5.44. The van der Waals surface area contributed by atoms with E-state index in [-0.39, 0.29) is 30.8 Å². The van der Waals surface area contributed by atoms with Gasteiger partial charge in [0, 0.05) is 24.6 Å². The molecule has 0 unspecified atom stereocenters. The summed E-state index contributed by atoms with van der Waals surface area (Å²) in [4.78, 5) is 6.62. The van der Waals surface area contributed by atoms with Gasteiger partial charge >= 0.3 is 0 Å². The van der Waals surface area contributed by atoms with E-state index in [0.29, 0.717) is 12.5 Å². The minimum absolute atomic E-state index is 0. The molecule has 0 atom stereocenters. The molecule has 21 heavy (non-hydrogen) atoms. The Morgan fingerprint density at radius 1 is 1.33 bits per heavy atom. The van der Waals surface area contributed by atoms with Crippen LogP contribution < -0.4 is 15.2 Å². The zero-order valence-corrected chi connectivity index (χ0v) is 16.1. The third-order valence-corrected chi connectivity index (χ3v) is 4.78. The van der Waals surface area contributed by atoms with Gasteiger partial charge in [-0.05, 0) is 33.6 Å². The number of nitrogens with two attached hydrogens (primary N) is 1. The van der Waals surface area contributed by atoms with Gasteiger partial charge in [0.15, 0.2) is 17.5 Å². The molecule has 0 aliphatic carbocycles. The average Bonchev–Trinajstić information content (AvgIpc) is 2.94. The van der Waals surface area contributed by atoms with Crippen molar-refractivity contribution in [3.63, 3.8) is 0 Å². The molecule has 0 aromatic heterocycles. The predicted molar refractivity (Wildman–Crippen MR) is 99.9 cm³/mol. The SMILES string of the molecule is I.NC(=NCc1cc(Br)c2c(c1)OCO2)N1CCSCC1. The molecule has 2 heterocycles. The first-order chi connectivity index (χ1) is 9.74. The lowest BCUT2D eigenvalue weighted by Crippen LogP contribution is -2.42. The summed E-state index contributed by atoms with van der Waals surface area (Å²) in [6.45, 7) is 2.77. The number of guanidine groups is 1. The number of benzene rings is 1. The Hall–Kier alpha value is -0.350. The Morgan fingerprint density at radius 3 is 2.86 bits per heavy atom.